The minimum absolute atomic E-state index is 0.137. The zero-order chi connectivity index (χ0) is 22.0. The van der Waals surface area contributed by atoms with Gasteiger partial charge in [0.2, 0.25) is 5.78 Å². The van der Waals surface area contributed by atoms with Crippen LogP contribution in [-0.4, -0.2) is 67.0 Å². The first-order chi connectivity index (χ1) is 15.0. The first-order valence-electron chi connectivity index (χ1n) is 11.0. The zero-order valence-electron chi connectivity index (χ0n) is 18.6. The SMILES string of the molecule is CCN(CC)c1ccc(/C=C2\Oc3c(ccc(O)c3CN3CCN(C)CC3)C2=O)cc1. The maximum atomic E-state index is 13.0. The molecule has 4 rings (SSSR count). The molecule has 0 aromatic heterocycles. The Hall–Kier alpha value is -2.83. The maximum Gasteiger partial charge on any atom is 0.231 e. The molecule has 0 saturated carbocycles. The number of allylic oxidation sites excluding steroid dienone is 1. The van der Waals surface area contributed by atoms with Crippen LogP contribution in [0.5, 0.6) is 11.5 Å². The Morgan fingerprint density at radius 2 is 1.71 bits per heavy atom. The zero-order valence-corrected chi connectivity index (χ0v) is 18.6. The van der Waals surface area contributed by atoms with E-state index in [-0.39, 0.29) is 11.5 Å². The monoisotopic (exact) mass is 421 g/mol. The molecule has 2 aliphatic rings. The number of phenolic OH excluding ortho intramolecular Hbond substituents is 1. The third kappa shape index (κ3) is 4.45. The second-order valence-electron chi connectivity index (χ2n) is 8.22. The Bertz CT molecular complexity index is 972. The first kappa shape index (κ1) is 21.4. The van der Waals surface area contributed by atoms with Crippen LogP contribution in [0.15, 0.2) is 42.2 Å². The van der Waals surface area contributed by atoms with Crippen molar-refractivity contribution in [3.8, 4) is 11.5 Å². The minimum Gasteiger partial charge on any atom is -0.507 e. The second-order valence-corrected chi connectivity index (χ2v) is 8.22. The van der Waals surface area contributed by atoms with Gasteiger partial charge in [-0.15, -0.1) is 0 Å². The number of Topliss-reactive ketones (excluding diaryl/α,β-unsaturated/α-hetero) is 1. The lowest BCUT2D eigenvalue weighted by Crippen LogP contribution is -2.43. The quantitative estimate of drug-likeness (QED) is 0.720. The van der Waals surface area contributed by atoms with Crippen LogP contribution < -0.4 is 9.64 Å². The lowest BCUT2D eigenvalue weighted by molar-refractivity contribution is 0.101. The van der Waals surface area contributed by atoms with Crippen molar-refractivity contribution in [2.75, 3.05) is 51.2 Å². The molecule has 1 fully saturated rings. The van der Waals surface area contributed by atoms with Crippen molar-refractivity contribution in [1.29, 1.82) is 0 Å². The third-order valence-electron chi connectivity index (χ3n) is 6.21. The summed E-state index contributed by atoms with van der Waals surface area (Å²) in [7, 11) is 2.11. The molecule has 31 heavy (non-hydrogen) atoms. The van der Waals surface area contributed by atoms with Gasteiger partial charge in [0.25, 0.3) is 0 Å². The third-order valence-corrected chi connectivity index (χ3v) is 6.21. The summed E-state index contributed by atoms with van der Waals surface area (Å²) in [5.41, 5.74) is 3.29. The number of hydrogen-bond acceptors (Lipinski definition) is 6. The van der Waals surface area contributed by atoms with Crippen molar-refractivity contribution in [2.45, 2.75) is 20.4 Å². The van der Waals surface area contributed by atoms with E-state index in [9.17, 15) is 9.90 Å². The number of nitrogens with zero attached hydrogens (tertiary/aromatic N) is 3. The van der Waals surface area contributed by atoms with Gasteiger partial charge in [-0.3, -0.25) is 9.69 Å². The van der Waals surface area contributed by atoms with Crippen LogP contribution in [0.3, 0.4) is 0 Å². The van der Waals surface area contributed by atoms with Crippen molar-refractivity contribution in [3.63, 3.8) is 0 Å². The van der Waals surface area contributed by atoms with E-state index in [4.69, 9.17) is 4.74 Å². The summed E-state index contributed by atoms with van der Waals surface area (Å²) in [6, 6.07) is 11.4. The molecule has 0 aliphatic carbocycles. The highest BCUT2D eigenvalue weighted by atomic mass is 16.5. The summed E-state index contributed by atoms with van der Waals surface area (Å²) >= 11 is 0. The van der Waals surface area contributed by atoms with Gasteiger partial charge in [-0.25, -0.2) is 0 Å². The van der Waals surface area contributed by atoms with Gasteiger partial charge in [-0.2, -0.15) is 0 Å². The lowest BCUT2D eigenvalue weighted by Gasteiger charge is -2.32. The Labute approximate surface area is 184 Å². The predicted molar refractivity (Wildman–Crippen MR) is 124 cm³/mol. The molecule has 0 bridgehead atoms. The molecular formula is C25H31N3O3. The molecule has 6 nitrogen and oxygen atoms in total. The molecular weight excluding hydrogens is 390 g/mol. The number of aromatic hydroxyl groups is 1. The molecule has 2 aliphatic heterocycles. The normalized spacial score (nSPS) is 18.3. The molecule has 2 aromatic carbocycles. The minimum atomic E-state index is -0.137. The van der Waals surface area contributed by atoms with E-state index in [0.717, 1.165) is 50.5 Å². The molecule has 1 saturated heterocycles. The molecule has 0 atom stereocenters. The molecule has 6 heteroatoms. The van der Waals surface area contributed by atoms with E-state index in [1.807, 2.05) is 12.1 Å². The molecule has 0 unspecified atom stereocenters. The summed E-state index contributed by atoms with van der Waals surface area (Å²) in [5, 5.41) is 10.5. The summed E-state index contributed by atoms with van der Waals surface area (Å²) in [5.74, 6) is 0.837. The molecule has 0 radical (unpaired) electrons. The van der Waals surface area contributed by atoms with Crippen molar-refractivity contribution in [3.05, 3.63) is 58.8 Å². The van der Waals surface area contributed by atoms with E-state index in [0.29, 0.717) is 29.2 Å². The van der Waals surface area contributed by atoms with Gasteiger partial charge in [0, 0.05) is 51.5 Å². The average molecular weight is 422 g/mol. The number of ether oxygens (including phenoxy) is 1. The number of anilines is 1. The van der Waals surface area contributed by atoms with Crippen LogP contribution in [0.25, 0.3) is 6.08 Å². The number of fused-ring (bicyclic) bond motifs is 1. The average Bonchev–Trinajstić information content (AvgIpc) is 3.09. The second kappa shape index (κ2) is 9.12. The number of carbonyl (C=O) groups excluding carboxylic acids is 1. The van der Waals surface area contributed by atoms with Crippen LogP contribution in [0.4, 0.5) is 5.69 Å². The topological polar surface area (TPSA) is 56.3 Å². The number of benzene rings is 2. The fraction of sp³-hybridized carbons (Fsp3) is 0.400. The van der Waals surface area contributed by atoms with Gasteiger partial charge < -0.3 is 19.6 Å². The van der Waals surface area contributed by atoms with E-state index in [1.54, 1.807) is 18.2 Å². The standard InChI is InChI=1S/C25H31N3O3/c1-4-28(5-2)19-8-6-18(7-9-19)16-23-24(30)20-10-11-22(29)21(25(20)31-23)17-27-14-12-26(3)13-15-27/h6-11,16,29H,4-5,12-15,17H2,1-3H3/b23-16-. The molecule has 0 amide bonds. The van der Waals surface area contributed by atoms with Crippen molar-refractivity contribution < 1.29 is 14.6 Å². The van der Waals surface area contributed by atoms with Gasteiger partial charge in [0.1, 0.15) is 11.5 Å². The van der Waals surface area contributed by atoms with E-state index in [1.165, 1.54) is 0 Å². The van der Waals surface area contributed by atoms with Crippen LogP contribution >= 0.6 is 0 Å². The smallest absolute Gasteiger partial charge is 0.231 e. The molecule has 2 heterocycles. The van der Waals surface area contributed by atoms with Gasteiger partial charge in [0.05, 0.1) is 11.1 Å². The van der Waals surface area contributed by atoms with E-state index < -0.39 is 0 Å². The molecule has 1 N–H and O–H groups in total. The molecule has 164 valence electrons. The highest BCUT2D eigenvalue weighted by Gasteiger charge is 2.32. The summed E-state index contributed by atoms with van der Waals surface area (Å²) in [6.45, 7) is 10.6. The number of hydrogen-bond donors (Lipinski definition) is 1. The fourth-order valence-electron chi connectivity index (χ4n) is 4.20. The Balaban J connectivity index is 1.56. The van der Waals surface area contributed by atoms with E-state index >= 15 is 0 Å². The summed E-state index contributed by atoms with van der Waals surface area (Å²) in [6.07, 6.45) is 1.78. The van der Waals surface area contributed by atoms with Gasteiger partial charge in [-0.05, 0) is 56.8 Å². The van der Waals surface area contributed by atoms with Crippen LogP contribution in [0, 0.1) is 0 Å². The highest BCUT2D eigenvalue weighted by Crippen LogP contribution is 2.40. The number of piperazine rings is 1. The van der Waals surface area contributed by atoms with Crippen LogP contribution in [0.2, 0.25) is 0 Å². The van der Waals surface area contributed by atoms with Crippen molar-refractivity contribution in [2.24, 2.45) is 0 Å². The van der Waals surface area contributed by atoms with Gasteiger partial charge >= 0.3 is 0 Å². The van der Waals surface area contributed by atoms with Gasteiger partial charge in [-0.1, -0.05) is 12.1 Å². The first-order valence-corrected chi connectivity index (χ1v) is 11.0. The summed E-state index contributed by atoms with van der Waals surface area (Å²) < 4.78 is 6.02. The number of rotatable bonds is 6. The van der Waals surface area contributed by atoms with Crippen molar-refractivity contribution >= 4 is 17.5 Å². The number of ketones is 1. The fourth-order valence-corrected chi connectivity index (χ4v) is 4.20. The molecule has 0 spiro atoms. The highest BCUT2D eigenvalue weighted by molar-refractivity contribution is 6.15. The maximum absolute atomic E-state index is 13.0. The number of phenols is 1. The van der Waals surface area contributed by atoms with Crippen molar-refractivity contribution in [1.82, 2.24) is 9.80 Å². The van der Waals surface area contributed by atoms with Crippen LogP contribution in [-0.2, 0) is 6.54 Å². The number of likely N-dealkylation sites (N-methyl/N-ethyl adjacent to an activating group) is 1. The van der Waals surface area contributed by atoms with Crippen LogP contribution in [0.1, 0.15) is 35.3 Å². The van der Waals surface area contributed by atoms with Gasteiger partial charge in [0.15, 0.2) is 5.76 Å². The largest absolute Gasteiger partial charge is 0.507 e. The number of carbonyl (C=O) groups is 1. The Kier molecular flexibility index (Phi) is 6.30. The predicted octanol–water partition coefficient (Wildman–Crippen LogP) is 3.60. The Morgan fingerprint density at radius 1 is 1.03 bits per heavy atom. The van der Waals surface area contributed by atoms with E-state index in [2.05, 4.69) is 47.7 Å². The molecule has 2 aromatic rings. The lowest BCUT2D eigenvalue weighted by atomic mass is 10.0. The summed E-state index contributed by atoms with van der Waals surface area (Å²) in [4.78, 5) is 19.8. The Morgan fingerprint density at radius 3 is 2.35 bits per heavy atom.